The Balaban J connectivity index is 2.49. The first-order valence-electron chi connectivity index (χ1n) is 6.27. The second-order valence-corrected chi connectivity index (χ2v) is 4.69. The quantitative estimate of drug-likeness (QED) is 0.792. The molecule has 1 nitrogen and oxygen atoms in total. The van der Waals surface area contributed by atoms with Gasteiger partial charge in [0.05, 0.1) is 0 Å². The van der Waals surface area contributed by atoms with E-state index in [-0.39, 0.29) is 5.56 Å². The van der Waals surface area contributed by atoms with E-state index >= 15 is 0 Å². The van der Waals surface area contributed by atoms with E-state index in [9.17, 15) is 18.3 Å². The number of aliphatic hydroxyl groups is 1. The van der Waals surface area contributed by atoms with Crippen LogP contribution in [0.3, 0.4) is 0 Å². The Morgan fingerprint density at radius 3 is 2.19 bits per heavy atom. The molecule has 0 amide bonds. The van der Waals surface area contributed by atoms with E-state index in [2.05, 4.69) is 5.92 Å². The lowest BCUT2D eigenvalue weighted by Crippen LogP contribution is -2.41. The van der Waals surface area contributed by atoms with Gasteiger partial charge in [0, 0.05) is 11.1 Å². The summed E-state index contributed by atoms with van der Waals surface area (Å²) in [5, 5.41) is 10.1. The van der Waals surface area contributed by atoms with Crippen LogP contribution in [0.15, 0.2) is 54.6 Å². The van der Waals surface area contributed by atoms with Crippen LogP contribution in [0.5, 0.6) is 0 Å². The summed E-state index contributed by atoms with van der Waals surface area (Å²) in [4.78, 5) is 0. The third kappa shape index (κ3) is 3.26. The topological polar surface area (TPSA) is 20.2 Å². The van der Waals surface area contributed by atoms with Crippen LogP contribution in [-0.2, 0) is 5.60 Å². The fraction of sp³-hybridized carbons (Fsp3) is 0.176. The summed E-state index contributed by atoms with van der Waals surface area (Å²) < 4.78 is 39.7. The second-order valence-electron chi connectivity index (χ2n) is 4.69. The molecule has 0 fully saturated rings. The van der Waals surface area contributed by atoms with Gasteiger partial charge in [-0.15, -0.1) is 0 Å². The summed E-state index contributed by atoms with van der Waals surface area (Å²) in [7, 11) is 0. The fourth-order valence-electron chi connectivity index (χ4n) is 1.87. The van der Waals surface area contributed by atoms with Gasteiger partial charge in [0.1, 0.15) is 0 Å². The fourth-order valence-corrected chi connectivity index (χ4v) is 1.87. The van der Waals surface area contributed by atoms with Gasteiger partial charge in [0.25, 0.3) is 0 Å². The molecule has 21 heavy (non-hydrogen) atoms. The zero-order valence-corrected chi connectivity index (χ0v) is 11.3. The molecule has 0 saturated carbocycles. The van der Waals surface area contributed by atoms with Crippen molar-refractivity contribution < 1.29 is 18.3 Å². The number of hydrogen-bond acceptors (Lipinski definition) is 1. The third-order valence-electron chi connectivity index (χ3n) is 3.01. The molecule has 1 N–H and O–H groups in total. The number of alkyl halides is 3. The summed E-state index contributed by atoms with van der Waals surface area (Å²) in [6, 6.07) is 13.6. The Morgan fingerprint density at radius 2 is 1.62 bits per heavy atom. The van der Waals surface area contributed by atoms with Gasteiger partial charge in [-0.25, -0.2) is 0 Å². The highest BCUT2D eigenvalue weighted by Crippen LogP contribution is 2.38. The van der Waals surface area contributed by atoms with Gasteiger partial charge >= 0.3 is 6.18 Å². The van der Waals surface area contributed by atoms with Crippen molar-refractivity contribution in [3.05, 3.63) is 71.3 Å². The number of aryl methyl sites for hydroxylation is 1. The first kappa shape index (κ1) is 15.1. The predicted octanol–water partition coefficient (Wildman–Crippen LogP) is 3.80. The summed E-state index contributed by atoms with van der Waals surface area (Å²) in [6.07, 6.45) is -4.88. The van der Waals surface area contributed by atoms with Crippen molar-refractivity contribution in [2.75, 3.05) is 0 Å². The van der Waals surface area contributed by atoms with Crippen LogP contribution >= 0.6 is 0 Å². The number of benzene rings is 2. The molecule has 2 aromatic rings. The molecule has 2 rings (SSSR count). The van der Waals surface area contributed by atoms with E-state index in [4.69, 9.17) is 0 Å². The first-order valence-corrected chi connectivity index (χ1v) is 6.27. The van der Waals surface area contributed by atoms with Gasteiger partial charge in [0.2, 0.25) is 5.60 Å². The Bertz CT molecular complexity index is 680. The summed E-state index contributed by atoms with van der Waals surface area (Å²) >= 11 is 0. The maximum atomic E-state index is 13.2. The molecule has 1 atom stereocenters. The van der Waals surface area contributed by atoms with Crippen molar-refractivity contribution in [2.24, 2.45) is 0 Å². The molecule has 0 spiro atoms. The molecule has 2 aromatic carbocycles. The highest BCUT2D eigenvalue weighted by molar-refractivity contribution is 5.42. The lowest BCUT2D eigenvalue weighted by atomic mass is 9.93. The van der Waals surface area contributed by atoms with Crippen LogP contribution in [0.4, 0.5) is 13.2 Å². The normalized spacial score (nSPS) is 14.0. The molecule has 1 unspecified atom stereocenters. The monoisotopic (exact) mass is 290 g/mol. The van der Waals surface area contributed by atoms with E-state index in [0.29, 0.717) is 5.56 Å². The zero-order valence-electron chi connectivity index (χ0n) is 11.3. The van der Waals surface area contributed by atoms with Gasteiger partial charge in [-0.05, 0) is 30.5 Å². The molecule has 0 radical (unpaired) electrons. The smallest absolute Gasteiger partial charge is 0.366 e. The minimum atomic E-state index is -4.88. The van der Waals surface area contributed by atoms with Crippen molar-refractivity contribution in [1.29, 1.82) is 0 Å². The van der Waals surface area contributed by atoms with Crippen molar-refractivity contribution in [1.82, 2.24) is 0 Å². The van der Waals surface area contributed by atoms with Gasteiger partial charge in [-0.1, -0.05) is 48.4 Å². The molecule has 0 saturated heterocycles. The van der Waals surface area contributed by atoms with Crippen LogP contribution in [-0.4, -0.2) is 11.3 Å². The molecule has 0 aliphatic heterocycles. The molecule has 0 heterocycles. The van der Waals surface area contributed by atoms with Gasteiger partial charge in [-0.3, -0.25) is 0 Å². The summed E-state index contributed by atoms with van der Waals surface area (Å²) in [5.74, 6) is 4.39. The molecular formula is C17H13F3O. The van der Waals surface area contributed by atoms with Crippen molar-refractivity contribution in [2.45, 2.75) is 18.7 Å². The lowest BCUT2D eigenvalue weighted by Gasteiger charge is -2.25. The van der Waals surface area contributed by atoms with Gasteiger partial charge in [-0.2, -0.15) is 13.2 Å². The molecule has 108 valence electrons. The predicted molar refractivity (Wildman–Crippen MR) is 74.5 cm³/mol. The van der Waals surface area contributed by atoms with Crippen LogP contribution in [0.25, 0.3) is 0 Å². The van der Waals surface area contributed by atoms with Crippen molar-refractivity contribution >= 4 is 0 Å². The first-order chi connectivity index (χ1) is 9.83. The van der Waals surface area contributed by atoms with Crippen LogP contribution < -0.4 is 0 Å². The maximum Gasteiger partial charge on any atom is 0.433 e. The maximum absolute atomic E-state index is 13.2. The van der Waals surface area contributed by atoms with Crippen LogP contribution in [0, 0.1) is 18.8 Å². The van der Waals surface area contributed by atoms with E-state index < -0.39 is 11.8 Å². The third-order valence-corrected chi connectivity index (χ3v) is 3.01. The summed E-state index contributed by atoms with van der Waals surface area (Å²) in [5.41, 5.74) is -2.17. The Morgan fingerprint density at radius 1 is 0.952 bits per heavy atom. The highest BCUT2D eigenvalue weighted by Gasteiger charge is 2.54. The van der Waals surface area contributed by atoms with E-state index in [1.807, 2.05) is 18.9 Å². The van der Waals surface area contributed by atoms with Crippen LogP contribution in [0.2, 0.25) is 0 Å². The largest absolute Gasteiger partial charge is 0.433 e. The second kappa shape index (κ2) is 5.63. The van der Waals surface area contributed by atoms with E-state index in [1.165, 1.54) is 24.3 Å². The minimum absolute atomic E-state index is 0.294. The zero-order chi connectivity index (χ0) is 15.5. The number of halogens is 3. The van der Waals surface area contributed by atoms with Crippen molar-refractivity contribution in [3.8, 4) is 11.8 Å². The van der Waals surface area contributed by atoms with Gasteiger partial charge < -0.3 is 5.11 Å². The Hall–Kier alpha value is -2.25. The standard InChI is InChI=1S/C17H13F3O/c1-13-6-5-7-14(12-13)10-11-16(21,17(18,19)20)15-8-3-2-4-9-15/h2-9,12,21H,1H3. The molecule has 0 aliphatic rings. The summed E-state index contributed by atoms with van der Waals surface area (Å²) in [6.45, 7) is 1.82. The van der Waals surface area contributed by atoms with Crippen LogP contribution in [0.1, 0.15) is 16.7 Å². The molecule has 4 heteroatoms. The number of rotatable bonds is 1. The van der Waals surface area contributed by atoms with E-state index in [1.54, 1.807) is 24.3 Å². The molecule has 0 bridgehead atoms. The van der Waals surface area contributed by atoms with Crippen molar-refractivity contribution in [3.63, 3.8) is 0 Å². The highest BCUT2D eigenvalue weighted by atomic mass is 19.4. The lowest BCUT2D eigenvalue weighted by molar-refractivity contribution is -0.240. The Labute approximate surface area is 121 Å². The number of hydrogen-bond donors (Lipinski definition) is 1. The SMILES string of the molecule is Cc1cccc(C#CC(O)(c2ccccc2)C(F)(F)F)c1. The minimum Gasteiger partial charge on any atom is -0.366 e. The van der Waals surface area contributed by atoms with Gasteiger partial charge in [0.15, 0.2) is 0 Å². The molecular weight excluding hydrogens is 277 g/mol. The Kier molecular flexibility index (Phi) is 4.06. The molecule has 0 aromatic heterocycles. The average molecular weight is 290 g/mol. The van der Waals surface area contributed by atoms with E-state index in [0.717, 1.165) is 5.56 Å². The average Bonchev–Trinajstić information content (AvgIpc) is 2.44. The molecule has 0 aliphatic carbocycles.